The van der Waals surface area contributed by atoms with Crippen molar-refractivity contribution in [3.8, 4) is 0 Å². The second-order valence-electron chi connectivity index (χ2n) is 4.38. The number of nitrogens with one attached hydrogen (secondary N) is 1. The number of carbonyl (C=O) groups excluding carboxylic acids is 1. The van der Waals surface area contributed by atoms with Gasteiger partial charge in [0.15, 0.2) is 5.78 Å². The highest BCUT2D eigenvalue weighted by Crippen LogP contribution is 2.28. The number of H-pyrrole nitrogens is 1. The first-order chi connectivity index (χ1) is 7.11. The van der Waals surface area contributed by atoms with Crippen molar-refractivity contribution in [3.63, 3.8) is 0 Å². The third-order valence-electron chi connectivity index (χ3n) is 2.89. The third-order valence-corrected chi connectivity index (χ3v) is 2.89. The minimum atomic E-state index is 0.140. The lowest BCUT2D eigenvalue weighted by Crippen LogP contribution is -2.10. The van der Waals surface area contributed by atoms with Gasteiger partial charge in [0, 0.05) is 28.9 Å². The molecule has 1 aromatic heterocycles. The Balaban J connectivity index is 2.56. The molecule has 0 saturated carbocycles. The van der Waals surface area contributed by atoms with Gasteiger partial charge in [-0.2, -0.15) is 0 Å². The molecule has 0 saturated heterocycles. The molecular formula is C12H17NO2. The lowest BCUT2D eigenvalue weighted by Gasteiger charge is -2.12. The highest BCUT2D eigenvalue weighted by molar-refractivity contribution is 5.97. The van der Waals surface area contributed by atoms with E-state index in [1.807, 2.05) is 0 Å². The number of aromatic nitrogens is 1. The number of rotatable bonds is 2. The molecule has 2 rings (SSSR count). The lowest BCUT2D eigenvalue weighted by molar-refractivity contribution is 0.0980. The molecule has 82 valence electrons. The number of ether oxygens (including phenoxy) is 1. The van der Waals surface area contributed by atoms with E-state index in [0.717, 1.165) is 29.8 Å². The molecule has 1 aliphatic heterocycles. The van der Waals surface area contributed by atoms with Crippen LogP contribution >= 0.6 is 0 Å². The summed E-state index contributed by atoms with van der Waals surface area (Å²) in [6, 6.07) is 0. The first-order valence-corrected chi connectivity index (χ1v) is 5.43. The van der Waals surface area contributed by atoms with Crippen molar-refractivity contribution in [2.24, 2.45) is 0 Å². The van der Waals surface area contributed by atoms with Gasteiger partial charge in [-0.25, -0.2) is 0 Å². The molecule has 15 heavy (non-hydrogen) atoms. The Morgan fingerprint density at radius 3 is 2.80 bits per heavy atom. The van der Waals surface area contributed by atoms with Gasteiger partial charge in [-0.3, -0.25) is 4.79 Å². The average Bonchev–Trinajstić information content (AvgIpc) is 2.56. The molecule has 2 heterocycles. The van der Waals surface area contributed by atoms with Crippen LogP contribution < -0.4 is 0 Å². The van der Waals surface area contributed by atoms with Gasteiger partial charge < -0.3 is 9.72 Å². The van der Waals surface area contributed by atoms with E-state index >= 15 is 0 Å². The van der Waals surface area contributed by atoms with Crippen molar-refractivity contribution in [1.82, 2.24) is 4.98 Å². The minimum Gasteiger partial charge on any atom is -0.376 e. The first kappa shape index (κ1) is 10.4. The maximum absolute atomic E-state index is 11.6. The van der Waals surface area contributed by atoms with Gasteiger partial charge in [0.05, 0.1) is 13.2 Å². The molecule has 3 nitrogen and oxygen atoms in total. The lowest BCUT2D eigenvalue weighted by atomic mass is 9.98. The summed E-state index contributed by atoms with van der Waals surface area (Å²) in [5, 5.41) is 0. The van der Waals surface area contributed by atoms with E-state index in [0.29, 0.717) is 12.5 Å². The molecule has 0 bridgehead atoms. The largest absolute Gasteiger partial charge is 0.376 e. The van der Waals surface area contributed by atoms with Crippen LogP contribution in [-0.2, 0) is 17.8 Å². The van der Waals surface area contributed by atoms with Crippen LogP contribution in [0.2, 0.25) is 0 Å². The van der Waals surface area contributed by atoms with Gasteiger partial charge in [0.1, 0.15) is 0 Å². The number of Topliss-reactive ketones (excluding diaryl/α,β-unsaturated/α-hetero) is 1. The zero-order valence-electron chi connectivity index (χ0n) is 9.52. The normalized spacial score (nSPS) is 15.5. The van der Waals surface area contributed by atoms with Crippen molar-refractivity contribution in [1.29, 1.82) is 0 Å². The summed E-state index contributed by atoms with van der Waals surface area (Å²) < 4.78 is 5.41. The fourth-order valence-electron chi connectivity index (χ4n) is 2.17. The zero-order valence-corrected chi connectivity index (χ0v) is 9.52. The van der Waals surface area contributed by atoms with Crippen LogP contribution in [0.5, 0.6) is 0 Å². The Morgan fingerprint density at radius 1 is 1.47 bits per heavy atom. The second-order valence-corrected chi connectivity index (χ2v) is 4.38. The summed E-state index contributed by atoms with van der Waals surface area (Å²) in [6.45, 7) is 7.16. The standard InChI is InChI=1S/C12H17NO2/c1-7(2)12-11(8(3)14)9-6-15-5-4-10(9)13-12/h7,13H,4-6H2,1-3H3. The average molecular weight is 207 g/mol. The Kier molecular flexibility index (Phi) is 2.65. The topological polar surface area (TPSA) is 42.1 Å². The van der Waals surface area contributed by atoms with Crippen LogP contribution in [0, 0.1) is 0 Å². The molecule has 1 aliphatic rings. The van der Waals surface area contributed by atoms with E-state index < -0.39 is 0 Å². The number of fused-ring (bicyclic) bond motifs is 1. The van der Waals surface area contributed by atoms with E-state index in [9.17, 15) is 4.79 Å². The summed E-state index contributed by atoms with van der Waals surface area (Å²) in [5.74, 6) is 0.496. The van der Waals surface area contributed by atoms with Crippen LogP contribution in [0.3, 0.4) is 0 Å². The van der Waals surface area contributed by atoms with Crippen LogP contribution in [-0.4, -0.2) is 17.4 Å². The first-order valence-electron chi connectivity index (χ1n) is 5.43. The van der Waals surface area contributed by atoms with Crippen molar-refractivity contribution < 1.29 is 9.53 Å². The van der Waals surface area contributed by atoms with Gasteiger partial charge in [-0.15, -0.1) is 0 Å². The van der Waals surface area contributed by atoms with Gasteiger partial charge in [-0.05, 0) is 12.8 Å². The van der Waals surface area contributed by atoms with Crippen molar-refractivity contribution >= 4 is 5.78 Å². The van der Waals surface area contributed by atoms with Crippen LogP contribution in [0.1, 0.15) is 54.0 Å². The van der Waals surface area contributed by atoms with E-state index in [4.69, 9.17) is 4.74 Å². The maximum Gasteiger partial charge on any atom is 0.161 e. The summed E-state index contributed by atoms with van der Waals surface area (Å²) in [5.41, 5.74) is 4.20. The van der Waals surface area contributed by atoms with Crippen molar-refractivity contribution in [2.75, 3.05) is 6.61 Å². The Hall–Kier alpha value is -1.09. The number of hydrogen-bond donors (Lipinski definition) is 1. The Labute approximate surface area is 89.8 Å². The molecule has 0 amide bonds. The summed E-state index contributed by atoms with van der Waals surface area (Å²) in [7, 11) is 0. The smallest absolute Gasteiger partial charge is 0.161 e. The van der Waals surface area contributed by atoms with E-state index in [2.05, 4.69) is 18.8 Å². The monoisotopic (exact) mass is 207 g/mol. The van der Waals surface area contributed by atoms with E-state index in [-0.39, 0.29) is 5.78 Å². The van der Waals surface area contributed by atoms with Gasteiger partial charge in [0.25, 0.3) is 0 Å². The molecule has 0 aromatic carbocycles. The molecule has 0 radical (unpaired) electrons. The Morgan fingerprint density at radius 2 is 2.20 bits per heavy atom. The quantitative estimate of drug-likeness (QED) is 0.757. The summed E-state index contributed by atoms with van der Waals surface area (Å²) in [6.07, 6.45) is 0.891. The molecule has 0 aliphatic carbocycles. The summed E-state index contributed by atoms with van der Waals surface area (Å²) >= 11 is 0. The van der Waals surface area contributed by atoms with E-state index in [1.54, 1.807) is 6.92 Å². The van der Waals surface area contributed by atoms with Gasteiger partial charge >= 0.3 is 0 Å². The molecule has 0 unspecified atom stereocenters. The number of carbonyl (C=O) groups is 1. The van der Waals surface area contributed by atoms with Crippen LogP contribution in [0.4, 0.5) is 0 Å². The molecular weight excluding hydrogens is 190 g/mol. The number of ketones is 1. The van der Waals surface area contributed by atoms with Crippen molar-refractivity contribution in [2.45, 2.75) is 39.7 Å². The highest BCUT2D eigenvalue weighted by Gasteiger charge is 2.23. The predicted molar refractivity (Wildman–Crippen MR) is 58.2 cm³/mol. The van der Waals surface area contributed by atoms with Crippen LogP contribution in [0.25, 0.3) is 0 Å². The summed E-state index contributed by atoms with van der Waals surface area (Å²) in [4.78, 5) is 15.0. The second kappa shape index (κ2) is 3.81. The number of hydrogen-bond acceptors (Lipinski definition) is 2. The molecule has 1 N–H and O–H groups in total. The molecule has 0 fully saturated rings. The van der Waals surface area contributed by atoms with Gasteiger partial charge in [0.2, 0.25) is 0 Å². The zero-order chi connectivity index (χ0) is 11.0. The fourth-order valence-corrected chi connectivity index (χ4v) is 2.17. The maximum atomic E-state index is 11.6. The minimum absolute atomic E-state index is 0.140. The predicted octanol–water partition coefficient (Wildman–Crippen LogP) is 2.41. The molecule has 0 atom stereocenters. The molecule has 3 heteroatoms. The van der Waals surface area contributed by atoms with Crippen molar-refractivity contribution in [3.05, 3.63) is 22.5 Å². The van der Waals surface area contributed by atoms with Gasteiger partial charge in [-0.1, -0.05) is 13.8 Å². The highest BCUT2D eigenvalue weighted by atomic mass is 16.5. The molecule has 1 aromatic rings. The van der Waals surface area contributed by atoms with Crippen LogP contribution in [0.15, 0.2) is 0 Å². The SMILES string of the molecule is CC(=O)c1c(C(C)C)[nH]c2c1COCC2. The van der Waals surface area contributed by atoms with E-state index in [1.165, 1.54) is 5.69 Å². The third kappa shape index (κ3) is 1.72. The number of aromatic amines is 1. The molecule has 0 spiro atoms. The fraction of sp³-hybridized carbons (Fsp3) is 0.583. The Bertz CT molecular complexity index is 391.